The van der Waals surface area contributed by atoms with Crippen LogP contribution in [-0.2, 0) is 4.79 Å². The van der Waals surface area contributed by atoms with Crippen LogP contribution in [0.5, 0.6) is 5.75 Å². The molecule has 1 aliphatic rings. The average Bonchev–Trinajstić information content (AvgIpc) is 2.68. The second kappa shape index (κ2) is 10.2. The van der Waals surface area contributed by atoms with Gasteiger partial charge in [0, 0.05) is 6.54 Å². The molecule has 0 aromatic heterocycles. The largest absolute Gasteiger partial charge is 0.481 e. The van der Waals surface area contributed by atoms with E-state index < -0.39 is 6.10 Å². The fourth-order valence-corrected chi connectivity index (χ4v) is 3.10. The van der Waals surface area contributed by atoms with Crippen LogP contribution >= 0.6 is 12.4 Å². The van der Waals surface area contributed by atoms with Crippen LogP contribution in [-0.4, -0.2) is 31.6 Å². The summed E-state index contributed by atoms with van der Waals surface area (Å²) in [6.07, 6.45) is 1.85. The van der Waals surface area contributed by atoms with Gasteiger partial charge in [-0.1, -0.05) is 42.5 Å². The van der Waals surface area contributed by atoms with E-state index >= 15 is 0 Å². The zero-order valence-electron chi connectivity index (χ0n) is 15.1. The van der Waals surface area contributed by atoms with Gasteiger partial charge in [0.05, 0.1) is 0 Å². The molecule has 5 heteroatoms. The van der Waals surface area contributed by atoms with Gasteiger partial charge in [0.2, 0.25) is 0 Å². The maximum atomic E-state index is 12.2. The van der Waals surface area contributed by atoms with Gasteiger partial charge in [0.15, 0.2) is 6.10 Å². The van der Waals surface area contributed by atoms with Gasteiger partial charge in [-0.3, -0.25) is 4.79 Å². The van der Waals surface area contributed by atoms with Crippen molar-refractivity contribution >= 4 is 18.3 Å². The molecule has 0 radical (unpaired) electrons. The third-order valence-electron chi connectivity index (χ3n) is 4.61. The Morgan fingerprint density at radius 3 is 2.50 bits per heavy atom. The van der Waals surface area contributed by atoms with E-state index in [1.54, 1.807) is 6.92 Å². The third-order valence-corrected chi connectivity index (χ3v) is 4.61. The highest BCUT2D eigenvalue weighted by Crippen LogP contribution is 2.22. The minimum absolute atomic E-state index is 0. The molecule has 2 unspecified atom stereocenters. The van der Waals surface area contributed by atoms with E-state index in [1.807, 2.05) is 42.5 Å². The number of hydrogen-bond acceptors (Lipinski definition) is 3. The average molecular weight is 375 g/mol. The van der Waals surface area contributed by atoms with Gasteiger partial charge >= 0.3 is 0 Å². The van der Waals surface area contributed by atoms with Crippen LogP contribution in [0.4, 0.5) is 0 Å². The van der Waals surface area contributed by atoms with Crippen molar-refractivity contribution in [3.05, 3.63) is 54.6 Å². The minimum atomic E-state index is -0.501. The maximum absolute atomic E-state index is 12.2. The monoisotopic (exact) mass is 374 g/mol. The summed E-state index contributed by atoms with van der Waals surface area (Å²) in [7, 11) is 0. The number of piperidine rings is 1. The highest BCUT2D eigenvalue weighted by Gasteiger charge is 2.18. The molecule has 2 aromatic carbocycles. The molecule has 0 saturated carbocycles. The molecule has 140 valence electrons. The van der Waals surface area contributed by atoms with Crippen molar-refractivity contribution in [2.45, 2.75) is 25.9 Å². The van der Waals surface area contributed by atoms with Crippen molar-refractivity contribution < 1.29 is 9.53 Å². The van der Waals surface area contributed by atoms with Crippen LogP contribution < -0.4 is 15.4 Å². The van der Waals surface area contributed by atoms with Gasteiger partial charge in [0.25, 0.3) is 5.91 Å². The number of nitrogens with one attached hydrogen (secondary N) is 2. The van der Waals surface area contributed by atoms with Crippen LogP contribution in [0.3, 0.4) is 0 Å². The Kier molecular flexibility index (Phi) is 7.95. The van der Waals surface area contributed by atoms with Crippen molar-refractivity contribution in [3.8, 4) is 16.9 Å². The number of hydrogen-bond donors (Lipinski definition) is 2. The fourth-order valence-electron chi connectivity index (χ4n) is 3.10. The maximum Gasteiger partial charge on any atom is 0.260 e. The predicted molar refractivity (Wildman–Crippen MR) is 108 cm³/mol. The van der Waals surface area contributed by atoms with Crippen molar-refractivity contribution in [1.29, 1.82) is 0 Å². The zero-order valence-corrected chi connectivity index (χ0v) is 15.9. The SMILES string of the molecule is CC(Oc1ccc(-c2ccccc2)cc1)C(=O)NCC1CCCNC1.Cl. The molecule has 1 saturated heterocycles. The smallest absolute Gasteiger partial charge is 0.260 e. The van der Waals surface area contributed by atoms with Gasteiger partial charge in [-0.2, -0.15) is 0 Å². The van der Waals surface area contributed by atoms with Crippen LogP contribution in [0.25, 0.3) is 11.1 Å². The number of halogens is 1. The number of carbonyl (C=O) groups is 1. The summed E-state index contributed by atoms with van der Waals surface area (Å²) in [6.45, 7) is 4.57. The second-order valence-corrected chi connectivity index (χ2v) is 6.61. The molecule has 2 aromatic rings. The zero-order chi connectivity index (χ0) is 17.5. The summed E-state index contributed by atoms with van der Waals surface area (Å²) < 4.78 is 5.78. The quantitative estimate of drug-likeness (QED) is 0.811. The number of ether oxygens (including phenoxy) is 1. The van der Waals surface area contributed by atoms with Crippen LogP contribution in [0, 0.1) is 5.92 Å². The van der Waals surface area contributed by atoms with Crippen LogP contribution in [0.1, 0.15) is 19.8 Å². The first-order chi connectivity index (χ1) is 12.2. The lowest BCUT2D eigenvalue weighted by Crippen LogP contribution is -2.42. The standard InChI is InChI=1S/C21H26N2O2.ClH/c1-16(21(24)23-15-17-6-5-13-22-14-17)25-20-11-9-19(10-12-20)18-7-3-2-4-8-18;/h2-4,7-12,16-17,22H,5-6,13-15H2,1H3,(H,23,24);1H. The molecule has 1 aliphatic heterocycles. The van der Waals surface area contributed by atoms with Gasteiger partial charge in [-0.05, 0) is 62.0 Å². The summed E-state index contributed by atoms with van der Waals surface area (Å²) in [5.74, 6) is 1.18. The predicted octanol–water partition coefficient (Wildman–Crippen LogP) is 3.66. The van der Waals surface area contributed by atoms with Crippen molar-refractivity contribution in [2.75, 3.05) is 19.6 Å². The highest BCUT2D eigenvalue weighted by atomic mass is 35.5. The molecule has 4 nitrogen and oxygen atoms in total. The Bertz CT molecular complexity index is 670. The molecule has 1 fully saturated rings. The van der Waals surface area contributed by atoms with Gasteiger partial charge in [-0.25, -0.2) is 0 Å². The van der Waals surface area contributed by atoms with E-state index in [4.69, 9.17) is 4.74 Å². The van der Waals surface area contributed by atoms with Gasteiger partial charge in [0.1, 0.15) is 5.75 Å². The van der Waals surface area contributed by atoms with Crippen molar-refractivity contribution in [3.63, 3.8) is 0 Å². The Labute approximate surface area is 161 Å². The normalized spacial score (nSPS) is 17.7. The van der Waals surface area contributed by atoms with E-state index in [-0.39, 0.29) is 18.3 Å². The van der Waals surface area contributed by atoms with Crippen LogP contribution in [0.15, 0.2) is 54.6 Å². The number of rotatable bonds is 6. The molecular formula is C21H27ClN2O2. The number of carbonyl (C=O) groups excluding carboxylic acids is 1. The molecule has 2 atom stereocenters. The minimum Gasteiger partial charge on any atom is -0.481 e. The second-order valence-electron chi connectivity index (χ2n) is 6.61. The first-order valence-electron chi connectivity index (χ1n) is 9.03. The lowest BCUT2D eigenvalue weighted by Gasteiger charge is -2.23. The van der Waals surface area contributed by atoms with Gasteiger partial charge in [-0.15, -0.1) is 12.4 Å². The van der Waals surface area contributed by atoms with Gasteiger partial charge < -0.3 is 15.4 Å². The van der Waals surface area contributed by atoms with E-state index in [0.29, 0.717) is 18.2 Å². The number of amides is 1. The van der Waals surface area contributed by atoms with Crippen molar-refractivity contribution in [2.24, 2.45) is 5.92 Å². The van der Waals surface area contributed by atoms with E-state index in [2.05, 4.69) is 22.8 Å². The molecule has 1 heterocycles. The fraction of sp³-hybridized carbons (Fsp3) is 0.381. The lowest BCUT2D eigenvalue weighted by molar-refractivity contribution is -0.127. The Hall–Kier alpha value is -2.04. The van der Waals surface area contributed by atoms with E-state index in [0.717, 1.165) is 18.7 Å². The first kappa shape index (κ1) is 20.3. The summed E-state index contributed by atoms with van der Waals surface area (Å²) >= 11 is 0. The highest BCUT2D eigenvalue weighted by molar-refractivity contribution is 5.85. The van der Waals surface area contributed by atoms with Crippen LogP contribution in [0.2, 0.25) is 0 Å². The molecule has 0 aliphatic carbocycles. The van der Waals surface area contributed by atoms with E-state index in [1.165, 1.54) is 18.4 Å². The summed E-state index contributed by atoms with van der Waals surface area (Å²) in [5, 5.41) is 6.37. The Morgan fingerprint density at radius 1 is 1.15 bits per heavy atom. The Morgan fingerprint density at radius 2 is 1.85 bits per heavy atom. The summed E-state index contributed by atoms with van der Waals surface area (Å²) in [6, 6.07) is 18.1. The number of benzene rings is 2. The molecular weight excluding hydrogens is 348 g/mol. The first-order valence-corrected chi connectivity index (χ1v) is 9.03. The Balaban J connectivity index is 0.00000243. The molecule has 0 spiro atoms. The van der Waals surface area contributed by atoms with E-state index in [9.17, 15) is 4.79 Å². The third kappa shape index (κ3) is 5.75. The topological polar surface area (TPSA) is 50.4 Å². The summed E-state index contributed by atoms with van der Waals surface area (Å²) in [4.78, 5) is 12.2. The molecule has 26 heavy (non-hydrogen) atoms. The molecule has 2 N–H and O–H groups in total. The molecule has 3 rings (SSSR count). The van der Waals surface area contributed by atoms with Crippen molar-refractivity contribution in [1.82, 2.24) is 10.6 Å². The molecule has 0 bridgehead atoms. The summed E-state index contributed by atoms with van der Waals surface area (Å²) in [5.41, 5.74) is 2.30. The lowest BCUT2D eigenvalue weighted by atomic mass is 10.00. The molecule has 1 amide bonds.